The van der Waals surface area contributed by atoms with Crippen LogP contribution in [0.15, 0.2) is 57.1 Å². The summed E-state index contributed by atoms with van der Waals surface area (Å²) in [6.45, 7) is 0.612. The van der Waals surface area contributed by atoms with Gasteiger partial charge < -0.3 is 15.5 Å². The van der Waals surface area contributed by atoms with Gasteiger partial charge >= 0.3 is 5.76 Å². The molecule has 0 aliphatic rings. The van der Waals surface area contributed by atoms with Crippen LogP contribution in [-0.2, 0) is 6.42 Å². The van der Waals surface area contributed by atoms with Gasteiger partial charge in [-0.1, -0.05) is 29.8 Å². The van der Waals surface area contributed by atoms with Crippen molar-refractivity contribution in [3.63, 3.8) is 0 Å². The number of hydrogen-bond donors (Lipinski definition) is 3. The van der Waals surface area contributed by atoms with Crippen molar-refractivity contribution in [2.45, 2.75) is 12.5 Å². The third-order valence-electron chi connectivity index (χ3n) is 4.15. The molecule has 138 valence electrons. The van der Waals surface area contributed by atoms with Crippen molar-refractivity contribution in [3.8, 4) is 11.3 Å². The van der Waals surface area contributed by atoms with E-state index < -0.39 is 5.76 Å². The van der Waals surface area contributed by atoms with Crippen LogP contribution in [0.1, 0.15) is 5.56 Å². The summed E-state index contributed by atoms with van der Waals surface area (Å²) in [7, 11) is 0. The molecule has 0 fully saturated rings. The number of fused-ring (bicyclic) bond motifs is 1. The molecule has 4 N–H and O–H groups in total. The molecule has 4 aromatic rings. The predicted molar refractivity (Wildman–Crippen MR) is 110 cm³/mol. The number of anilines is 1. The Morgan fingerprint density at radius 3 is 2.89 bits per heavy atom. The summed E-state index contributed by atoms with van der Waals surface area (Å²) in [6.07, 6.45) is 0.756. The molecule has 0 saturated heterocycles. The fourth-order valence-corrected chi connectivity index (χ4v) is 3.66. The minimum atomic E-state index is -0.461. The molecule has 0 saturated carbocycles. The number of nitrogens with zero attached hydrogens (tertiary/aromatic N) is 1. The van der Waals surface area contributed by atoms with Gasteiger partial charge in [0.1, 0.15) is 0 Å². The number of hydrogen-bond acceptors (Lipinski definition) is 6. The first-order valence-electron chi connectivity index (χ1n) is 8.39. The van der Waals surface area contributed by atoms with Crippen molar-refractivity contribution < 1.29 is 4.42 Å². The molecule has 0 bridgehead atoms. The fourth-order valence-electron chi connectivity index (χ4n) is 2.81. The topological polar surface area (TPSA) is 96.9 Å². The molecule has 0 aliphatic carbocycles. The summed E-state index contributed by atoms with van der Waals surface area (Å²) in [6, 6.07) is 13.2. The van der Waals surface area contributed by atoms with Crippen LogP contribution in [0.4, 0.5) is 5.13 Å². The maximum absolute atomic E-state index is 11.3. The Bertz CT molecular complexity index is 1120. The normalized spacial score (nSPS) is 12.4. The summed E-state index contributed by atoms with van der Waals surface area (Å²) in [4.78, 5) is 18.5. The molecular weight excluding hydrogens is 384 g/mol. The minimum absolute atomic E-state index is 0.0380. The molecule has 27 heavy (non-hydrogen) atoms. The first-order chi connectivity index (χ1) is 13.1. The number of H-pyrrole nitrogens is 1. The van der Waals surface area contributed by atoms with E-state index in [2.05, 4.69) is 15.3 Å². The zero-order valence-corrected chi connectivity index (χ0v) is 15.8. The summed E-state index contributed by atoms with van der Waals surface area (Å²) in [5, 5.41) is 6.76. The van der Waals surface area contributed by atoms with Gasteiger partial charge in [-0.25, -0.2) is 9.78 Å². The van der Waals surface area contributed by atoms with E-state index in [1.54, 1.807) is 6.07 Å². The van der Waals surface area contributed by atoms with E-state index in [1.165, 1.54) is 11.3 Å². The molecule has 2 aromatic carbocycles. The Morgan fingerprint density at radius 1 is 1.26 bits per heavy atom. The standard InChI is InChI=1S/C19H17ClN4O2S/c20-13-4-1-11(2-5-13)7-14(21)9-22-18-23-16(10-27-18)12-3-6-15-17(8-12)26-19(25)24-15/h1-6,8,10,14H,7,9,21H2,(H,22,23)(H,24,25)/t14-/m0/s1. The monoisotopic (exact) mass is 400 g/mol. The van der Waals surface area contributed by atoms with E-state index in [9.17, 15) is 4.79 Å². The van der Waals surface area contributed by atoms with Gasteiger partial charge in [0.15, 0.2) is 10.7 Å². The Hall–Kier alpha value is -2.61. The lowest BCUT2D eigenvalue weighted by atomic mass is 10.1. The number of oxazole rings is 1. The molecule has 2 aromatic heterocycles. The largest absolute Gasteiger partial charge is 0.417 e. The second kappa shape index (κ2) is 7.56. The summed E-state index contributed by atoms with van der Waals surface area (Å²) < 4.78 is 5.10. The molecule has 0 amide bonds. The highest BCUT2D eigenvalue weighted by molar-refractivity contribution is 7.14. The highest BCUT2D eigenvalue weighted by Gasteiger charge is 2.09. The van der Waals surface area contributed by atoms with E-state index >= 15 is 0 Å². The highest BCUT2D eigenvalue weighted by Crippen LogP contribution is 2.27. The van der Waals surface area contributed by atoms with Crippen LogP contribution in [0.5, 0.6) is 0 Å². The number of rotatable bonds is 6. The second-order valence-corrected chi connectivity index (χ2v) is 7.53. The number of thiazole rings is 1. The lowest BCUT2D eigenvalue weighted by Crippen LogP contribution is -2.31. The Labute approximate surface area is 164 Å². The number of nitrogens with two attached hydrogens (primary N) is 1. The quantitative estimate of drug-likeness (QED) is 0.456. The first kappa shape index (κ1) is 17.8. The fraction of sp³-hybridized carbons (Fsp3) is 0.158. The smallest absolute Gasteiger partial charge is 0.408 e. The number of nitrogens with one attached hydrogen (secondary N) is 2. The van der Waals surface area contributed by atoms with Crippen molar-refractivity contribution in [2.24, 2.45) is 5.73 Å². The molecule has 0 aliphatic heterocycles. The van der Waals surface area contributed by atoms with Crippen LogP contribution >= 0.6 is 22.9 Å². The second-order valence-electron chi connectivity index (χ2n) is 6.23. The van der Waals surface area contributed by atoms with Crippen molar-refractivity contribution in [3.05, 3.63) is 69.0 Å². The molecule has 6 nitrogen and oxygen atoms in total. The molecule has 2 heterocycles. The zero-order chi connectivity index (χ0) is 18.8. The van der Waals surface area contributed by atoms with Gasteiger partial charge in [0.25, 0.3) is 0 Å². The average Bonchev–Trinajstić information content (AvgIpc) is 3.26. The summed E-state index contributed by atoms with van der Waals surface area (Å²) in [5.41, 5.74) is 10.3. The lowest BCUT2D eigenvalue weighted by Gasteiger charge is -2.12. The maximum atomic E-state index is 11.3. The van der Waals surface area contributed by atoms with Crippen LogP contribution in [0.25, 0.3) is 22.4 Å². The van der Waals surface area contributed by atoms with Gasteiger partial charge in [0, 0.05) is 28.6 Å². The van der Waals surface area contributed by atoms with E-state index in [0.717, 1.165) is 33.4 Å². The lowest BCUT2D eigenvalue weighted by molar-refractivity contribution is 0.555. The number of aromatic amines is 1. The van der Waals surface area contributed by atoms with Crippen molar-refractivity contribution >= 4 is 39.2 Å². The van der Waals surface area contributed by atoms with Crippen LogP contribution in [0.3, 0.4) is 0 Å². The van der Waals surface area contributed by atoms with Crippen LogP contribution in [0, 0.1) is 0 Å². The molecule has 4 rings (SSSR count). The van der Waals surface area contributed by atoms with Crippen molar-refractivity contribution in [1.29, 1.82) is 0 Å². The average molecular weight is 401 g/mol. The maximum Gasteiger partial charge on any atom is 0.417 e. The van der Waals surface area contributed by atoms with E-state index in [-0.39, 0.29) is 6.04 Å². The first-order valence-corrected chi connectivity index (χ1v) is 9.65. The van der Waals surface area contributed by atoms with Gasteiger partial charge in [-0.3, -0.25) is 4.98 Å². The number of aromatic nitrogens is 2. The summed E-state index contributed by atoms with van der Waals surface area (Å²) in [5.74, 6) is -0.461. The predicted octanol–water partition coefficient (Wildman–Crippen LogP) is 3.88. The Balaban J connectivity index is 1.39. The highest BCUT2D eigenvalue weighted by atomic mass is 35.5. The number of benzene rings is 2. The van der Waals surface area contributed by atoms with Gasteiger partial charge in [-0.05, 0) is 36.2 Å². The van der Waals surface area contributed by atoms with Crippen LogP contribution in [0.2, 0.25) is 5.02 Å². The van der Waals surface area contributed by atoms with E-state index in [0.29, 0.717) is 17.6 Å². The SMILES string of the molecule is N[C@H](CNc1nc(-c2ccc3[nH]c(=O)oc3c2)cs1)Cc1ccc(Cl)cc1. The molecule has 0 unspecified atom stereocenters. The van der Waals surface area contributed by atoms with Crippen molar-refractivity contribution in [2.75, 3.05) is 11.9 Å². The van der Waals surface area contributed by atoms with E-state index in [1.807, 2.05) is 41.8 Å². The number of halogens is 1. The van der Waals surface area contributed by atoms with E-state index in [4.69, 9.17) is 21.8 Å². The molecule has 0 radical (unpaired) electrons. The van der Waals surface area contributed by atoms with Gasteiger partial charge in [0.05, 0.1) is 11.2 Å². The van der Waals surface area contributed by atoms with Crippen LogP contribution in [-0.4, -0.2) is 22.6 Å². The van der Waals surface area contributed by atoms with Gasteiger partial charge in [0.2, 0.25) is 0 Å². The zero-order valence-electron chi connectivity index (χ0n) is 14.2. The van der Waals surface area contributed by atoms with Crippen LogP contribution < -0.4 is 16.8 Å². The minimum Gasteiger partial charge on any atom is -0.408 e. The summed E-state index contributed by atoms with van der Waals surface area (Å²) >= 11 is 7.41. The third kappa shape index (κ3) is 4.21. The Morgan fingerprint density at radius 2 is 2.07 bits per heavy atom. The van der Waals surface area contributed by atoms with Gasteiger partial charge in [-0.2, -0.15) is 0 Å². The molecule has 0 spiro atoms. The molecule has 8 heteroatoms. The molecular formula is C19H17ClN4O2S. The third-order valence-corrected chi connectivity index (χ3v) is 5.20. The van der Waals surface area contributed by atoms with Crippen molar-refractivity contribution in [1.82, 2.24) is 9.97 Å². The van der Waals surface area contributed by atoms with Gasteiger partial charge in [-0.15, -0.1) is 11.3 Å². The Kier molecular flexibility index (Phi) is 4.98. The molecule has 1 atom stereocenters.